The van der Waals surface area contributed by atoms with Crippen molar-refractivity contribution in [1.82, 2.24) is 4.98 Å². The first-order valence-electron chi connectivity index (χ1n) is 16.4. The minimum absolute atomic E-state index is 0.232. The van der Waals surface area contributed by atoms with E-state index >= 15 is 0 Å². The van der Waals surface area contributed by atoms with Gasteiger partial charge in [0, 0.05) is 17.2 Å². The predicted octanol–water partition coefficient (Wildman–Crippen LogP) is 10.4. The van der Waals surface area contributed by atoms with E-state index in [9.17, 15) is 14.7 Å². The number of carbonyl (C=O) groups excluding carboxylic acids is 1. The van der Waals surface area contributed by atoms with Crippen LogP contribution < -0.4 is 4.74 Å². The van der Waals surface area contributed by atoms with Crippen molar-refractivity contribution in [2.75, 3.05) is 7.11 Å². The van der Waals surface area contributed by atoms with Gasteiger partial charge >= 0.3 is 12.1 Å². The predicted molar refractivity (Wildman–Crippen MR) is 196 cm³/mol. The highest BCUT2D eigenvalue weighted by atomic mass is 32.2. The molecule has 2 atom stereocenters. The molecule has 1 amide bonds. The molecule has 49 heavy (non-hydrogen) atoms. The average molecular weight is 682 g/mol. The fourth-order valence-electron chi connectivity index (χ4n) is 5.90. The highest BCUT2D eigenvalue weighted by Crippen LogP contribution is 2.51. The van der Waals surface area contributed by atoms with Crippen molar-refractivity contribution in [3.63, 3.8) is 0 Å². The summed E-state index contributed by atoms with van der Waals surface area (Å²) in [7, 11) is 1.64. The number of hydrogen-bond donors (Lipinski definition) is 1. The summed E-state index contributed by atoms with van der Waals surface area (Å²) in [6, 6.07) is 30.1. The van der Waals surface area contributed by atoms with E-state index in [0.717, 1.165) is 33.6 Å². The Morgan fingerprint density at radius 2 is 1.51 bits per heavy atom. The van der Waals surface area contributed by atoms with Crippen LogP contribution in [0.3, 0.4) is 0 Å². The van der Waals surface area contributed by atoms with E-state index in [1.54, 1.807) is 51.9 Å². The van der Waals surface area contributed by atoms with Gasteiger partial charge in [-0.05, 0) is 91.5 Å². The van der Waals surface area contributed by atoms with Gasteiger partial charge in [-0.15, -0.1) is 5.11 Å². The number of thioether (sulfide) groups is 1. The summed E-state index contributed by atoms with van der Waals surface area (Å²) in [5.41, 5.74) is 2.81. The van der Waals surface area contributed by atoms with Crippen LogP contribution in [0, 0.1) is 10.8 Å². The Morgan fingerprint density at radius 3 is 2.10 bits per heavy atom. The number of carboxylic acids is 1. The topological polar surface area (TPSA) is 110 Å². The maximum atomic E-state index is 13.7. The van der Waals surface area contributed by atoms with Gasteiger partial charge in [0.15, 0.2) is 5.82 Å². The van der Waals surface area contributed by atoms with Gasteiger partial charge in [-0.3, -0.25) is 4.79 Å². The zero-order valence-electron chi connectivity index (χ0n) is 29.5. The number of amides is 1. The molecule has 0 aliphatic carbocycles. The van der Waals surface area contributed by atoms with Crippen LogP contribution in [0.25, 0.3) is 11.1 Å². The monoisotopic (exact) mass is 681 g/mol. The standard InChI is InChI=1S/C40H47N3O5S/c1-38(2,3)40(36(44)45,25-30-19-23-35(41-26-30)42-43-37(46)48-39(4,5)6)34(49-27-29-16-20-33(47-7)21-17-29)22-18-28-12-11-15-32(24-28)31-13-9-8-10-14-31/h8-17,19-21,23-24,26,34H,18,22,25,27H2,1-7H3,(H,44,45). The summed E-state index contributed by atoms with van der Waals surface area (Å²) >= 11 is 1.68. The zero-order chi connectivity index (χ0) is 35.7. The van der Waals surface area contributed by atoms with Crippen molar-refractivity contribution in [1.29, 1.82) is 0 Å². The largest absolute Gasteiger partial charge is 0.497 e. The molecular weight excluding hydrogens is 635 g/mol. The van der Waals surface area contributed by atoms with Crippen molar-refractivity contribution in [2.45, 2.75) is 77.4 Å². The first kappa shape index (κ1) is 37.3. The van der Waals surface area contributed by atoms with Crippen molar-refractivity contribution in [3.8, 4) is 16.9 Å². The molecule has 2 unspecified atom stereocenters. The van der Waals surface area contributed by atoms with Crippen LogP contribution in [0.2, 0.25) is 0 Å². The number of azo groups is 1. The molecule has 0 aliphatic heterocycles. The molecule has 1 heterocycles. The number of methoxy groups -OCH3 is 1. The zero-order valence-corrected chi connectivity index (χ0v) is 30.3. The lowest BCUT2D eigenvalue weighted by molar-refractivity contribution is -0.156. The second-order valence-electron chi connectivity index (χ2n) is 14.2. The number of carbonyl (C=O) groups is 2. The van der Waals surface area contributed by atoms with Gasteiger partial charge in [-0.25, -0.2) is 9.78 Å². The van der Waals surface area contributed by atoms with Gasteiger partial charge in [-0.2, -0.15) is 11.8 Å². The van der Waals surface area contributed by atoms with Gasteiger partial charge in [0.05, 0.1) is 12.5 Å². The molecule has 4 aromatic rings. The van der Waals surface area contributed by atoms with E-state index in [0.29, 0.717) is 18.6 Å². The lowest BCUT2D eigenvalue weighted by Gasteiger charge is -2.47. The summed E-state index contributed by atoms with van der Waals surface area (Å²) in [6.45, 7) is 11.3. The average Bonchev–Trinajstić information content (AvgIpc) is 3.06. The quantitative estimate of drug-likeness (QED) is 0.140. The second-order valence-corrected chi connectivity index (χ2v) is 15.4. The minimum Gasteiger partial charge on any atom is -0.497 e. The van der Waals surface area contributed by atoms with E-state index in [2.05, 4.69) is 51.6 Å². The number of aromatic nitrogens is 1. The minimum atomic E-state index is -1.16. The Morgan fingerprint density at radius 1 is 0.837 bits per heavy atom. The summed E-state index contributed by atoms with van der Waals surface area (Å²) in [4.78, 5) is 30.1. The number of carboxylic acid groups (broad SMARTS) is 1. The summed E-state index contributed by atoms with van der Waals surface area (Å²) < 4.78 is 10.5. The molecule has 0 saturated heterocycles. The third-order valence-electron chi connectivity index (χ3n) is 8.53. The van der Waals surface area contributed by atoms with Gasteiger partial charge < -0.3 is 14.6 Å². The van der Waals surface area contributed by atoms with Crippen LogP contribution in [-0.2, 0) is 28.1 Å². The fraction of sp³-hybridized carbons (Fsp3) is 0.375. The maximum Gasteiger partial charge on any atom is 0.453 e. The van der Waals surface area contributed by atoms with Crippen LogP contribution in [-0.4, -0.2) is 40.1 Å². The molecule has 4 rings (SSSR count). The molecule has 1 aromatic heterocycles. The number of rotatable bonds is 13. The number of benzene rings is 3. The number of hydrogen-bond acceptors (Lipinski definition) is 7. The van der Waals surface area contributed by atoms with Crippen LogP contribution in [0.4, 0.5) is 10.6 Å². The molecule has 0 aliphatic rings. The Balaban J connectivity index is 1.66. The van der Waals surface area contributed by atoms with E-state index in [1.807, 2.05) is 69.3 Å². The van der Waals surface area contributed by atoms with Crippen molar-refractivity contribution in [3.05, 3.63) is 114 Å². The first-order valence-corrected chi connectivity index (χ1v) is 17.5. The van der Waals surface area contributed by atoms with Crippen LogP contribution in [0.1, 0.15) is 64.7 Å². The van der Waals surface area contributed by atoms with Gasteiger partial charge in [0.1, 0.15) is 11.4 Å². The normalized spacial score (nSPS) is 13.9. The van der Waals surface area contributed by atoms with Gasteiger partial charge in [0.25, 0.3) is 0 Å². The first-order chi connectivity index (χ1) is 23.2. The molecule has 0 bridgehead atoms. The number of ether oxygens (including phenoxy) is 2. The van der Waals surface area contributed by atoms with E-state index in [1.165, 1.54) is 0 Å². The number of aliphatic carboxylic acids is 1. The lowest BCUT2D eigenvalue weighted by atomic mass is 9.60. The van der Waals surface area contributed by atoms with Crippen LogP contribution >= 0.6 is 11.8 Å². The van der Waals surface area contributed by atoms with E-state index in [-0.39, 0.29) is 17.5 Å². The third kappa shape index (κ3) is 10.2. The van der Waals surface area contributed by atoms with E-state index < -0.39 is 28.5 Å². The SMILES string of the molecule is COc1ccc(CSC(CCc2cccc(-c3ccccc3)c2)C(Cc2ccc(N=NC(=O)OC(C)(C)C)nc2)(C(=O)O)C(C)(C)C)cc1. The summed E-state index contributed by atoms with van der Waals surface area (Å²) in [6.07, 6.45) is 2.45. The van der Waals surface area contributed by atoms with Crippen molar-refractivity contribution >= 4 is 29.6 Å². The highest BCUT2D eigenvalue weighted by Gasteiger charge is 2.54. The van der Waals surface area contributed by atoms with Gasteiger partial charge in [-0.1, -0.05) is 98.7 Å². The number of aryl methyl sites for hydroxylation is 1. The molecule has 0 radical (unpaired) electrons. The maximum absolute atomic E-state index is 13.7. The Hall–Kier alpha value is -4.50. The smallest absolute Gasteiger partial charge is 0.453 e. The Labute approximate surface area is 294 Å². The second kappa shape index (κ2) is 16.3. The molecule has 0 spiro atoms. The van der Waals surface area contributed by atoms with Crippen LogP contribution in [0.5, 0.6) is 5.75 Å². The number of nitrogens with zero attached hydrogens (tertiary/aromatic N) is 3. The molecule has 0 saturated carbocycles. The van der Waals surface area contributed by atoms with Gasteiger partial charge in [0.2, 0.25) is 0 Å². The highest BCUT2D eigenvalue weighted by molar-refractivity contribution is 7.99. The molecule has 3 aromatic carbocycles. The third-order valence-corrected chi connectivity index (χ3v) is 10.1. The Bertz CT molecular complexity index is 1710. The molecule has 8 nitrogen and oxygen atoms in total. The summed E-state index contributed by atoms with van der Waals surface area (Å²) in [5.74, 6) is 0.806. The van der Waals surface area contributed by atoms with Crippen molar-refractivity contribution < 1.29 is 24.2 Å². The molecule has 258 valence electrons. The van der Waals surface area contributed by atoms with E-state index in [4.69, 9.17) is 9.47 Å². The molecule has 1 N–H and O–H groups in total. The molecule has 0 fully saturated rings. The summed E-state index contributed by atoms with van der Waals surface area (Å²) in [5, 5.41) is 18.5. The van der Waals surface area contributed by atoms with Crippen molar-refractivity contribution in [2.24, 2.45) is 21.1 Å². The molecule has 9 heteroatoms. The van der Waals surface area contributed by atoms with Crippen LogP contribution in [0.15, 0.2) is 107 Å². The number of pyridine rings is 1. The Kier molecular flexibility index (Phi) is 12.4. The lowest BCUT2D eigenvalue weighted by Crippen LogP contribution is -2.52. The molecular formula is C40H47N3O5S. The fourth-order valence-corrected chi connectivity index (χ4v) is 7.59.